The number of rotatable bonds is 6. The molecule has 3 aliphatic heterocycles. The van der Waals surface area contributed by atoms with Gasteiger partial charge in [-0.3, -0.25) is 0 Å². The second-order valence-corrected chi connectivity index (χ2v) is 15.7. The number of aliphatic hydroxyl groups is 6. The van der Waals surface area contributed by atoms with Crippen molar-refractivity contribution in [1.82, 2.24) is 0 Å². The number of aldehydes is 1. The summed E-state index contributed by atoms with van der Waals surface area (Å²) >= 11 is 0. The molecule has 3 heterocycles. The number of cyclic esters (lactones) is 1. The van der Waals surface area contributed by atoms with Crippen LogP contribution in [-0.4, -0.2) is 123 Å². The lowest BCUT2D eigenvalue weighted by atomic mass is 9.41. The molecule has 0 amide bonds. The summed E-state index contributed by atoms with van der Waals surface area (Å²) < 4.78 is 28.7. The van der Waals surface area contributed by atoms with Crippen LogP contribution in [0.15, 0.2) is 11.6 Å². The predicted octanol–water partition coefficient (Wildman–Crippen LogP) is 0.243. The van der Waals surface area contributed by atoms with Gasteiger partial charge >= 0.3 is 5.97 Å². The quantitative estimate of drug-likeness (QED) is 0.128. The highest BCUT2D eigenvalue weighted by molar-refractivity contribution is 5.85. The van der Waals surface area contributed by atoms with Crippen LogP contribution in [-0.2, 0) is 33.3 Å². The maximum atomic E-state index is 13.1. The van der Waals surface area contributed by atoms with Crippen molar-refractivity contribution >= 4 is 12.3 Å². The standard InChI is InChI=1S/C34H50O13/c1-17-29(47-30-28(40)27(39)24(37)15-44-30)23(36)12-26(45-17)46-19-3-8-32(16-35)21-4-7-31(2)20(18-11-25(38)43-14-18)6-10-34(31,42)22(21)5-9-33(32,41)13-19/h11,16-17,19-24,26-30,36-37,39-42H,3-10,12-15H2,1-2H3/t17-,19+,20-,21-,22+,23-,24-,26+,27+,28-,29+,30-,31+,32-,33-,34-/m0/s1. The SMILES string of the molecule is C[C@@H]1O[C@H](O[C@@H]2CC[C@]3(C=O)[C@H]4CC[C@]5(C)[C@H](C6=CC(=O)OC6)CC[C@]5(O)[C@@H]4CC[C@]3(O)C2)C[C@H](O)[C@@H]1O[C@@H]1OC[C@H](O)[C@@H](O)[C@@H]1O. The van der Waals surface area contributed by atoms with Gasteiger partial charge in [-0.25, -0.2) is 4.79 Å². The van der Waals surface area contributed by atoms with Gasteiger partial charge < -0.3 is 59.1 Å². The zero-order chi connectivity index (χ0) is 33.5. The number of ether oxygens (including phenoxy) is 5. The van der Waals surface area contributed by atoms with Crippen LogP contribution in [0.1, 0.15) is 78.1 Å². The summed E-state index contributed by atoms with van der Waals surface area (Å²) in [5, 5.41) is 65.7. The number of esters is 1. The molecule has 6 fully saturated rings. The lowest BCUT2D eigenvalue weighted by Crippen LogP contribution is -2.69. The first kappa shape index (κ1) is 34.0. The third-order valence-electron chi connectivity index (χ3n) is 13.6. The highest BCUT2D eigenvalue weighted by atomic mass is 16.7. The smallest absolute Gasteiger partial charge is 0.331 e. The van der Waals surface area contributed by atoms with Gasteiger partial charge in [0.2, 0.25) is 0 Å². The molecule has 6 N–H and O–H groups in total. The van der Waals surface area contributed by atoms with E-state index in [9.17, 15) is 40.2 Å². The van der Waals surface area contributed by atoms with Crippen LogP contribution in [0, 0.1) is 28.6 Å². The molecule has 13 heteroatoms. The summed E-state index contributed by atoms with van der Waals surface area (Å²) in [7, 11) is 0. The van der Waals surface area contributed by atoms with Gasteiger partial charge in [-0.2, -0.15) is 0 Å². The Kier molecular flexibility index (Phi) is 8.72. The Morgan fingerprint density at radius 2 is 1.70 bits per heavy atom. The van der Waals surface area contributed by atoms with Crippen molar-refractivity contribution in [2.24, 2.45) is 28.6 Å². The largest absolute Gasteiger partial charge is 0.458 e. The Labute approximate surface area is 274 Å². The average Bonchev–Trinajstić information content (AvgIpc) is 3.57. The van der Waals surface area contributed by atoms with Crippen molar-refractivity contribution < 1.29 is 63.9 Å². The first-order chi connectivity index (χ1) is 22.2. The molecule has 0 radical (unpaired) electrons. The van der Waals surface area contributed by atoms with Crippen LogP contribution >= 0.6 is 0 Å². The summed E-state index contributed by atoms with van der Waals surface area (Å²) in [4.78, 5) is 25.0. The van der Waals surface area contributed by atoms with Crippen molar-refractivity contribution in [2.45, 2.75) is 145 Å². The molecular weight excluding hydrogens is 616 g/mol. The molecule has 13 nitrogen and oxygen atoms in total. The van der Waals surface area contributed by atoms with Gasteiger partial charge in [0.15, 0.2) is 12.6 Å². The van der Waals surface area contributed by atoms with E-state index in [2.05, 4.69) is 6.92 Å². The van der Waals surface area contributed by atoms with Crippen molar-refractivity contribution in [3.8, 4) is 0 Å². The van der Waals surface area contributed by atoms with Crippen molar-refractivity contribution in [3.05, 3.63) is 11.6 Å². The van der Waals surface area contributed by atoms with Crippen LogP contribution in [0.4, 0.5) is 0 Å². The number of carbonyl (C=O) groups is 2. The molecule has 4 aliphatic carbocycles. The van der Waals surface area contributed by atoms with Crippen LogP contribution in [0.25, 0.3) is 0 Å². The molecule has 47 heavy (non-hydrogen) atoms. The van der Waals surface area contributed by atoms with E-state index in [0.717, 1.165) is 18.3 Å². The molecule has 2 saturated heterocycles. The number of hydrogen-bond acceptors (Lipinski definition) is 13. The van der Waals surface area contributed by atoms with Gasteiger partial charge in [0.05, 0.1) is 41.5 Å². The summed E-state index contributed by atoms with van der Waals surface area (Å²) in [5.41, 5.74) is -2.86. The van der Waals surface area contributed by atoms with Gasteiger partial charge in [-0.15, -0.1) is 0 Å². The first-order valence-electron chi connectivity index (χ1n) is 17.3. The molecule has 7 aliphatic rings. The molecule has 7 rings (SSSR count). The Morgan fingerprint density at radius 3 is 2.40 bits per heavy atom. The fourth-order valence-corrected chi connectivity index (χ4v) is 11.0. The lowest BCUT2D eigenvalue weighted by Gasteiger charge is -2.65. The second kappa shape index (κ2) is 12.1. The van der Waals surface area contributed by atoms with Crippen LogP contribution < -0.4 is 0 Å². The van der Waals surface area contributed by atoms with Gasteiger partial charge in [0, 0.05) is 24.3 Å². The minimum Gasteiger partial charge on any atom is -0.458 e. The molecule has 16 atom stereocenters. The maximum Gasteiger partial charge on any atom is 0.331 e. The molecule has 0 bridgehead atoms. The second-order valence-electron chi connectivity index (χ2n) is 15.7. The van der Waals surface area contributed by atoms with E-state index >= 15 is 0 Å². The zero-order valence-corrected chi connectivity index (χ0v) is 27.1. The van der Waals surface area contributed by atoms with E-state index in [-0.39, 0.29) is 49.8 Å². The topological polar surface area (TPSA) is 202 Å². The van der Waals surface area contributed by atoms with E-state index in [1.54, 1.807) is 13.0 Å². The minimum absolute atomic E-state index is 0.0370. The molecule has 264 valence electrons. The number of fused-ring (bicyclic) bond motifs is 5. The maximum absolute atomic E-state index is 13.1. The third-order valence-corrected chi connectivity index (χ3v) is 13.6. The predicted molar refractivity (Wildman–Crippen MR) is 160 cm³/mol. The molecule has 0 aromatic carbocycles. The Bertz CT molecular complexity index is 1250. The summed E-state index contributed by atoms with van der Waals surface area (Å²) in [6.07, 6.45) is -1.89. The molecular formula is C34H50O13. The zero-order valence-electron chi connectivity index (χ0n) is 27.1. The molecule has 4 saturated carbocycles. The van der Waals surface area contributed by atoms with Gasteiger partial charge in [-0.05, 0) is 81.6 Å². The van der Waals surface area contributed by atoms with E-state index in [0.29, 0.717) is 44.9 Å². The van der Waals surface area contributed by atoms with Gasteiger partial charge in [0.25, 0.3) is 0 Å². The highest BCUT2D eigenvalue weighted by Crippen LogP contribution is 2.70. The van der Waals surface area contributed by atoms with Crippen LogP contribution in [0.3, 0.4) is 0 Å². The fraction of sp³-hybridized carbons (Fsp3) is 0.882. The van der Waals surface area contributed by atoms with E-state index in [1.165, 1.54) is 0 Å². The van der Waals surface area contributed by atoms with Crippen molar-refractivity contribution in [2.75, 3.05) is 13.2 Å². The average molecular weight is 667 g/mol. The number of aliphatic hydroxyl groups excluding tert-OH is 4. The normalized spacial score (nSPS) is 54.6. The number of hydrogen-bond donors (Lipinski definition) is 6. The highest BCUT2D eigenvalue weighted by Gasteiger charge is 2.71. The van der Waals surface area contributed by atoms with Crippen LogP contribution in [0.5, 0.6) is 0 Å². The molecule has 0 unspecified atom stereocenters. The Morgan fingerprint density at radius 1 is 0.936 bits per heavy atom. The summed E-state index contributed by atoms with van der Waals surface area (Å²) in [6.45, 7) is 3.86. The van der Waals surface area contributed by atoms with Crippen molar-refractivity contribution in [1.29, 1.82) is 0 Å². The molecule has 0 spiro atoms. The molecule has 0 aromatic heterocycles. The Balaban J connectivity index is 1.01. The minimum atomic E-state index is -1.50. The lowest BCUT2D eigenvalue weighted by molar-refractivity contribution is -0.331. The fourth-order valence-electron chi connectivity index (χ4n) is 11.0. The summed E-state index contributed by atoms with van der Waals surface area (Å²) in [5.74, 6) is -0.635. The van der Waals surface area contributed by atoms with Gasteiger partial charge in [0.1, 0.15) is 37.3 Å². The van der Waals surface area contributed by atoms with E-state index < -0.39 is 77.3 Å². The van der Waals surface area contributed by atoms with Crippen LogP contribution in [0.2, 0.25) is 0 Å². The third kappa shape index (κ3) is 5.18. The monoisotopic (exact) mass is 666 g/mol. The van der Waals surface area contributed by atoms with Crippen molar-refractivity contribution in [3.63, 3.8) is 0 Å². The Hall–Kier alpha value is -1.52. The summed E-state index contributed by atoms with van der Waals surface area (Å²) in [6, 6.07) is 0. The molecule has 0 aromatic rings. The van der Waals surface area contributed by atoms with Gasteiger partial charge in [-0.1, -0.05) is 6.92 Å². The first-order valence-corrected chi connectivity index (χ1v) is 17.3. The van der Waals surface area contributed by atoms with E-state index in [1.807, 2.05) is 0 Å². The number of carbonyl (C=O) groups excluding carboxylic acids is 2. The van der Waals surface area contributed by atoms with E-state index in [4.69, 9.17) is 23.7 Å².